The Balaban J connectivity index is 1.21. The summed E-state index contributed by atoms with van der Waals surface area (Å²) in [5.41, 5.74) is 0.909. The van der Waals surface area contributed by atoms with Gasteiger partial charge < -0.3 is 14.6 Å². The molecule has 4 aromatic rings. The molecule has 0 bridgehead atoms. The van der Waals surface area contributed by atoms with Gasteiger partial charge in [0.05, 0.1) is 18.7 Å². The van der Waals surface area contributed by atoms with E-state index in [1.807, 2.05) is 13.2 Å². The highest BCUT2D eigenvalue weighted by Crippen LogP contribution is 2.59. The van der Waals surface area contributed by atoms with Gasteiger partial charge in [0.1, 0.15) is 17.1 Å². The number of amides is 1. The number of hydrogen-bond donors (Lipinski definition) is 1. The van der Waals surface area contributed by atoms with E-state index in [1.54, 1.807) is 30.3 Å². The number of rotatable bonds is 9. The maximum absolute atomic E-state index is 14.8. The van der Waals surface area contributed by atoms with Crippen LogP contribution in [0.3, 0.4) is 0 Å². The maximum Gasteiger partial charge on any atom is 0.401 e. The van der Waals surface area contributed by atoms with E-state index in [0.717, 1.165) is 17.3 Å². The van der Waals surface area contributed by atoms with Gasteiger partial charge in [-0.05, 0) is 30.0 Å². The van der Waals surface area contributed by atoms with Crippen LogP contribution in [0.2, 0.25) is 0 Å². The fourth-order valence-corrected chi connectivity index (χ4v) is 4.34. The van der Waals surface area contributed by atoms with Crippen LogP contribution in [-0.4, -0.2) is 44.1 Å². The number of nitrogens with zero attached hydrogens (tertiary/aromatic N) is 5. The molecule has 5 rings (SSSR count). The average molecular weight is 545 g/mol. The number of alkyl halides is 3. The van der Waals surface area contributed by atoms with Crippen molar-refractivity contribution >= 4 is 11.7 Å². The van der Waals surface area contributed by atoms with Crippen LogP contribution in [0.25, 0.3) is 11.1 Å². The molecule has 0 spiro atoms. The highest BCUT2D eigenvalue weighted by atomic mass is 19.4. The van der Waals surface area contributed by atoms with Gasteiger partial charge in [0.25, 0.3) is 0 Å². The molecule has 1 aromatic carbocycles. The van der Waals surface area contributed by atoms with Crippen molar-refractivity contribution in [2.45, 2.75) is 43.9 Å². The van der Waals surface area contributed by atoms with E-state index in [0.29, 0.717) is 30.0 Å². The first-order valence-corrected chi connectivity index (χ1v) is 12.0. The second-order valence-corrected chi connectivity index (χ2v) is 9.46. The molecule has 1 aliphatic carbocycles. The van der Waals surface area contributed by atoms with Crippen LogP contribution in [0.1, 0.15) is 41.2 Å². The molecule has 13 heteroatoms. The van der Waals surface area contributed by atoms with Crippen molar-refractivity contribution in [2.75, 3.05) is 12.4 Å². The summed E-state index contributed by atoms with van der Waals surface area (Å²) in [4.78, 5) is 21.2. The number of ether oxygens (including phenoxy) is 1. The molecule has 0 radical (unpaired) electrons. The van der Waals surface area contributed by atoms with Crippen LogP contribution in [0.15, 0.2) is 47.4 Å². The molecule has 1 fully saturated rings. The summed E-state index contributed by atoms with van der Waals surface area (Å²) in [6.07, 6.45) is 0.523. The molecular formula is C26H24F4N6O3. The second-order valence-electron chi connectivity index (χ2n) is 9.46. The Morgan fingerprint density at radius 2 is 1.90 bits per heavy atom. The normalized spacial score (nSPS) is 14.4. The fraction of sp³-hybridized carbons (Fsp3) is 0.346. The molecule has 204 valence electrons. The van der Waals surface area contributed by atoms with Crippen LogP contribution < -0.4 is 5.32 Å². The zero-order valence-corrected chi connectivity index (χ0v) is 21.0. The smallest absolute Gasteiger partial charge is 0.378 e. The molecule has 1 saturated carbocycles. The molecule has 1 N–H and O–H groups in total. The van der Waals surface area contributed by atoms with Gasteiger partial charge in [-0.1, -0.05) is 17.3 Å². The zero-order chi connectivity index (χ0) is 27.8. The van der Waals surface area contributed by atoms with Crippen LogP contribution >= 0.6 is 0 Å². The third kappa shape index (κ3) is 5.53. The lowest BCUT2D eigenvalue weighted by Gasteiger charge is -2.14. The summed E-state index contributed by atoms with van der Waals surface area (Å²) < 4.78 is 66.3. The van der Waals surface area contributed by atoms with Gasteiger partial charge in [-0.3, -0.25) is 9.48 Å². The van der Waals surface area contributed by atoms with Crippen molar-refractivity contribution in [1.29, 1.82) is 0 Å². The fourth-order valence-electron chi connectivity index (χ4n) is 4.34. The highest BCUT2D eigenvalue weighted by Gasteiger charge is 2.66. The quantitative estimate of drug-likeness (QED) is 0.309. The number of carbonyl (C=O) groups is 1. The number of methoxy groups -OCH3 is 1. The number of hydrogen-bond acceptors (Lipinski definition) is 7. The minimum Gasteiger partial charge on any atom is -0.378 e. The summed E-state index contributed by atoms with van der Waals surface area (Å²) in [5, 5.41) is 10.2. The van der Waals surface area contributed by atoms with E-state index in [1.165, 1.54) is 12.1 Å². The molecule has 9 nitrogen and oxygen atoms in total. The number of aromatic nitrogens is 5. The van der Waals surface area contributed by atoms with E-state index < -0.39 is 23.3 Å². The Hall–Kier alpha value is -4.13. The molecule has 3 heterocycles. The Kier molecular flexibility index (Phi) is 6.93. The molecule has 0 saturated heterocycles. The van der Waals surface area contributed by atoms with Gasteiger partial charge in [-0.25, -0.2) is 14.4 Å². The van der Waals surface area contributed by atoms with Crippen molar-refractivity contribution in [3.8, 4) is 11.1 Å². The van der Waals surface area contributed by atoms with E-state index in [4.69, 9.17) is 9.26 Å². The number of halogens is 4. The SMILES string of the molecule is COCc1nn(C)cc1Cc1ncc(-c2ccc(CC(=O)Nc3cc(C4(C(F)(F)F)CC4)on3)c(F)c2)cn1. The van der Waals surface area contributed by atoms with Gasteiger partial charge in [-0.2, -0.15) is 18.3 Å². The lowest BCUT2D eigenvalue weighted by molar-refractivity contribution is -0.165. The molecule has 3 aromatic heterocycles. The molecule has 0 atom stereocenters. The van der Waals surface area contributed by atoms with Crippen molar-refractivity contribution in [3.63, 3.8) is 0 Å². The van der Waals surface area contributed by atoms with E-state index in [9.17, 15) is 22.4 Å². The van der Waals surface area contributed by atoms with E-state index in [-0.39, 0.29) is 36.4 Å². The summed E-state index contributed by atoms with van der Waals surface area (Å²) in [6.45, 7) is 0.371. The van der Waals surface area contributed by atoms with Gasteiger partial charge in [0, 0.05) is 56.4 Å². The molecule has 1 aliphatic rings. The summed E-state index contributed by atoms with van der Waals surface area (Å²) in [7, 11) is 3.41. The number of carbonyl (C=O) groups excluding carboxylic acids is 1. The third-order valence-electron chi connectivity index (χ3n) is 6.61. The van der Waals surface area contributed by atoms with Gasteiger partial charge in [0.15, 0.2) is 11.6 Å². The summed E-state index contributed by atoms with van der Waals surface area (Å²) in [5.74, 6) is -1.20. The predicted molar refractivity (Wildman–Crippen MR) is 130 cm³/mol. The minimum absolute atomic E-state index is 0.0930. The third-order valence-corrected chi connectivity index (χ3v) is 6.61. The molecular weight excluding hydrogens is 520 g/mol. The Morgan fingerprint density at radius 3 is 2.54 bits per heavy atom. The number of aryl methyl sites for hydroxylation is 1. The maximum atomic E-state index is 14.8. The topological polar surface area (TPSA) is 108 Å². The zero-order valence-electron chi connectivity index (χ0n) is 21.0. The van der Waals surface area contributed by atoms with Crippen molar-refractivity contribution < 1.29 is 31.6 Å². The first kappa shape index (κ1) is 26.5. The lowest BCUT2D eigenvalue weighted by atomic mass is 10.0. The van der Waals surface area contributed by atoms with E-state index in [2.05, 4.69) is 25.5 Å². The monoisotopic (exact) mass is 544 g/mol. The first-order valence-electron chi connectivity index (χ1n) is 12.0. The first-order chi connectivity index (χ1) is 18.6. The lowest BCUT2D eigenvalue weighted by Crippen LogP contribution is -2.28. The number of anilines is 1. The highest BCUT2D eigenvalue weighted by molar-refractivity contribution is 5.91. The van der Waals surface area contributed by atoms with Crippen LogP contribution in [0, 0.1) is 5.82 Å². The Bertz CT molecular complexity index is 1490. The van der Waals surface area contributed by atoms with Gasteiger partial charge in [-0.15, -0.1) is 0 Å². The number of nitrogens with one attached hydrogen (secondary N) is 1. The minimum atomic E-state index is -4.46. The predicted octanol–water partition coefficient (Wildman–Crippen LogP) is 4.52. The standard InChI is InChI=1S/C26H24F4N6O3/c1-36-13-17(20(34-36)14-38-2)8-22-31-11-18(12-32-22)15-3-4-16(19(27)7-15)9-24(37)33-23-10-21(39-35-23)25(5-6-25)26(28,29)30/h3-4,7,10-13H,5-6,8-9,14H2,1-2H3,(H,33,35,37). The van der Waals surface area contributed by atoms with Crippen LogP contribution in [0.5, 0.6) is 0 Å². The molecule has 1 amide bonds. The number of benzene rings is 1. The Labute approximate surface area is 220 Å². The van der Waals surface area contributed by atoms with Gasteiger partial charge in [0.2, 0.25) is 5.91 Å². The Morgan fingerprint density at radius 1 is 1.15 bits per heavy atom. The van der Waals surface area contributed by atoms with Crippen molar-refractivity contribution in [3.05, 3.63) is 77.1 Å². The van der Waals surface area contributed by atoms with Crippen LogP contribution in [-0.2, 0) is 41.4 Å². The van der Waals surface area contributed by atoms with Gasteiger partial charge >= 0.3 is 6.18 Å². The molecule has 39 heavy (non-hydrogen) atoms. The second kappa shape index (κ2) is 10.2. The van der Waals surface area contributed by atoms with Crippen molar-refractivity contribution in [2.24, 2.45) is 7.05 Å². The summed E-state index contributed by atoms with van der Waals surface area (Å²) >= 11 is 0. The largest absolute Gasteiger partial charge is 0.401 e. The van der Waals surface area contributed by atoms with E-state index >= 15 is 0 Å². The van der Waals surface area contributed by atoms with Crippen LogP contribution in [0.4, 0.5) is 23.4 Å². The van der Waals surface area contributed by atoms with Crippen molar-refractivity contribution in [1.82, 2.24) is 24.9 Å². The molecule has 0 aliphatic heterocycles. The summed E-state index contributed by atoms with van der Waals surface area (Å²) in [6, 6.07) is 5.43. The molecule has 0 unspecified atom stereocenters. The average Bonchev–Trinajstić information content (AvgIpc) is 3.47.